The third-order valence-electron chi connectivity index (χ3n) is 2.13. The normalized spacial score (nSPS) is 10.4. The number of rotatable bonds is 3. The molecule has 0 atom stereocenters. The quantitative estimate of drug-likeness (QED) is 0.746. The van der Waals surface area contributed by atoms with E-state index in [2.05, 4.69) is 5.32 Å². The van der Waals surface area contributed by atoms with Gasteiger partial charge in [-0.3, -0.25) is 0 Å². The molecule has 1 aromatic rings. The first-order valence-corrected chi connectivity index (χ1v) is 4.28. The van der Waals surface area contributed by atoms with Gasteiger partial charge in [-0.1, -0.05) is 0 Å². The van der Waals surface area contributed by atoms with Crippen molar-refractivity contribution in [2.75, 3.05) is 13.6 Å². The van der Waals surface area contributed by atoms with Gasteiger partial charge in [-0.05, 0) is 44.6 Å². The fraction of sp³-hybridized carbons (Fsp3) is 0.400. The highest BCUT2D eigenvalue weighted by Gasteiger charge is 2.08. The van der Waals surface area contributed by atoms with Crippen molar-refractivity contribution in [3.63, 3.8) is 0 Å². The van der Waals surface area contributed by atoms with Gasteiger partial charge in [0, 0.05) is 5.56 Å². The Kier molecular flexibility index (Phi) is 3.25. The molecule has 0 saturated carbocycles. The highest BCUT2D eigenvalue weighted by molar-refractivity contribution is 5.39. The van der Waals surface area contributed by atoms with E-state index in [-0.39, 0.29) is 11.6 Å². The minimum Gasteiger partial charge on any atom is -0.508 e. The fourth-order valence-corrected chi connectivity index (χ4v) is 1.28. The summed E-state index contributed by atoms with van der Waals surface area (Å²) in [4.78, 5) is 0. The minimum atomic E-state index is -0.260. The lowest BCUT2D eigenvalue weighted by atomic mass is 10.0. The predicted octanol–water partition coefficient (Wildman–Crippen LogP) is 1.60. The second-order valence-electron chi connectivity index (χ2n) is 3.02. The van der Waals surface area contributed by atoms with Gasteiger partial charge in [0.25, 0.3) is 0 Å². The average molecular weight is 183 g/mol. The first kappa shape index (κ1) is 9.99. The van der Waals surface area contributed by atoms with Gasteiger partial charge in [0.1, 0.15) is 11.6 Å². The van der Waals surface area contributed by atoms with Gasteiger partial charge < -0.3 is 10.4 Å². The van der Waals surface area contributed by atoms with Crippen molar-refractivity contribution >= 4 is 0 Å². The molecule has 3 heteroatoms. The first-order chi connectivity index (χ1) is 6.16. The van der Waals surface area contributed by atoms with E-state index in [1.807, 2.05) is 7.05 Å². The van der Waals surface area contributed by atoms with Crippen molar-refractivity contribution in [1.29, 1.82) is 0 Å². The molecule has 0 amide bonds. The van der Waals surface area contributed by atoms with Gasteiger partial charge in [-0.2, -0.15) is 0 Å². The van der Waals surface area contributed by atoms with Crippen LogP contribution in [0.2, 0.25) is 0 Å². The van der Waals surface area contributed by atoms with E-state index in [0.717, 1.165) is 6.54 Å². The second kappa shape index (κ2) is 4.23. The van der Waals surface area contributed by atoms with Crippen LogP contribution in [0.1, 0.15) is 11.1 Å². The summed E-state index contributed by atoms with van der Waals surface area (Å²) in [7, 11) is 1.83. The van der Waals surface area contributed by atoms with E-state index >= 15 is 0 Å². The molecule has 0 fully saturated rings. The summed E-state index contributed by atoms with van der Waals surface area (Å²) in [6.45, 7) is 2.41. The predicted molar refractivity (Wildman–Crippen MR) is 50.4 cm³/mol. The first-order valence-electron chi connectivity index (χ1n) is 4.28. The third kappa shape index (κ3) is 2.18. The molecule has 0 heterocycles. The Labute approximate surface area is 77.4 Å². The standard InChI is InChI=1S/C10H14FNO/c1-7-8(5-6-12-2)10(13)4-3-9(7)11/h3-4,12-13H,5-6H2,1-2H3. The molecular formula is C10H14FNO. The molecule has 0 radical (unpaired) electrons. The molecule has 0 saturated heterocycles. The van der Waals surface area contributed by atoms with Crippen LogP contribution in [0, 0.1) is 12.7 Å². The summed E-state index contributed by atoms with van der Waals surface area (Å²) in [5.41, 5.74) is 1.23. The average Bonchev–Trinajstić information content (AvgIpc) is 2.12. The molecule has 1 rings (SSSR count). The summed E-state index contributed by atoms with van der Waals surface area (Å²) < 4.78 is 13.1. The molecule has 0 spiro atoms. The molecule has 1 aromatic carbocycles. The molecule has 0 aliphatic heterocycles. The van der Waals surface area contributed by atoms with Crippen LogP contribution in [-0.4, -0.2) is 18.7 Å². The Morgan fingerprint density at radius 3 is 2.77 bits per heavy atom. The van der Waals surface area contributed by atoms with Gasteiger partial charge in [0.2, 0.25) is 0 Å². The number of nitrogens with one attached hydrogen (secondary N) is 1. The fourth-order valence-electron chi connectivity index (χ4n) is 1.28. The molecule has 13 heavy (non-hydrogen) atoms. The Morgan fingerprint density at radius 2 is 2.15 bits per heavy atom. The van der Waals surface area contributed by atoms with Crippen molar-refractivity contribution in [3.05, 3.63) is 29.1 Å². The zero-order valence-electron chi connectivity index (χ0n) is 7.89. The Bertz CT molecular complexity index is 299. The molecule has 0 aliphatic rings. The van der Waals surface area contributed by atoms with E-state index in [1.165, 1.54) is 12.1 Å². The van der Waals surface area contributed by atoms with Gasteiger partial charge >= 0.3 is 0 Å². The van der Waals surface area contributed by atoms with Gasteiger partial charge in [-0.25, -0.2) is 4.39 Å². The summed E-state index contributed by atoms with van der Waals surface area (Å²) in [6.07, 6.45) is 0.645. The molecule has 0 aromatic heterocycles. The second-order valence-corrected chi connectivity index (χ2v) is 3.02. The summed E-state index contributed by atoms with van der Waals surface area (Å²) in [6, 6.07) is 2.68. The third-order valence-corrected chi connectivity index (χ3v) is 2.13. The number of phenolic OH excluding ortho intramolecular Hbond substituents is 1. The molecular weight excluding hydrogens is 169 g/mol. The highest BCUT2D eigenvalue weighted by atomic mass is 19.1. The van der Waals surface area contributed by atoms with Crippen LogP contribution in [0.5, 0.6) is 5.75 Å². The zero-order chi connectivity index (χ0) is 9.84. The van der Waals surface area contributed by atoms with Crippen LogP contribution in [0.4, 0.5) is 4.39 Å². The molecule has 0 aliphatic carbocycles. The Morgan fingerprint density at radius 1 is 1.46 bits per heavy atom. The lowest BCUT2D eigenvalue weighted by Crippen LogP contribution is -2.11. The van der Waals surface area contributed by atoms with Crippen molar-refractivity contribution in [3.8, 4) is 5.75 Å². The lowest BCUT2D eigenvalue weighted by Gasteiger charge is -2.08. The number of halogens is 1. The molecule has 0 bridgehead atoms. The van der Waals surface area contributed by atoms with Crippen molar-refractivity contribution in [2.45, 2.75) is 13.3 Å². The maximum absolute atomic E-state index is 13.1. The van der Waals surface area contributed by atoms with Crippen LogP contribution in [0.3, 0.4) is 0 Å². The minimum absolute atomic E-state index is 0.175. The van der Waals surface area contributed by atoms with Crippen molar-refractivity contribution in [2.24, 2.45) is 0 Å². The van der Waals surface area contributed by atoms with Crippen LogP contribution < -0.4 is 5.32 Å². The Balaban J connectivity index is 2.96. The maximum atomic E-state index is 13.1. The SMILES string of the molecule is CNCCc1c(O)ccc(F)c1C. The lowest BCUT2D eigenvalue weighted by molar-refractivity contribution is 0.463. The molecule has 0 unspecified atom stereocenters. The summed E-state index contributed by atoms with van der Waals surface area (Å²) >= 11 is 0. The highest BCUT2D eigenvalue weighted by Crippen LogP contribution is 2.23. The van der Waals surface area contributed by atoms with Crippen LogP contribution in [0.15, 0.2) is 12.1 Å². The van der Waals surface area contributed by atoms with Crippen LogP contribution >= 0.6 is 0 Å². The van der Waals surface area contributed by atoms with Crippen molar-refractivity contribution in [1.82, 2.24) is 5.32 Å². The molecule has 2 nitrogen and oxygen atoms in total. The summed E-state index contributed by atoms with van der Waals surface area (Å²) in [5.74, 6) is -0.0851. The van der Waals surface area contributed by atoms with Gasteiger partial charge in [0.15, 0.2) is 0 Å². The van der Waals surface area contributed by atoms with E-state index in [9.17, 15) is 9.50 Å². The maximum Gasteiger partial charge on any atom is 0.126 e. The van der Waals surface area contributed by atoms with E-state index in [1.54, 1.807) is 6.92 Å². The largest absolute Gasteiger partial charge is 0.508 e. The number of phenols is 1. The van der Waals surface area contributed by atoms with Crippen LogP contribution in [-0.2, 0) is 6.42 Å². The zero-order valence-corrected chi connectivity index (χ0v) is 7.89. The van der Waals surface area contributed by atoms with Crippen LogP contribution in [0.25, 0.3) is 0 Å². The number of aromatic hydroxyl groups is 1. The van der Waals surface area contributed by atoms with E-state index in [4.69, 9.17) is 0 Å². The number of benzene rings is 1. The molecule has 72 valence electrons. The van der Waals surface area contributed by atoms with E-state index < -0.39 is 0 Å². The van der Waals surface area contributed by atoms with Gasteiger partial charge in [0.05, 0.1) is 0 Å². The number of hydrogen-bond acceptors (Lipinski definition) is 2. The van der Waals surface area contributed by atoms with Gasteiger partial charge in [-0.15, -0.1) is 0 Å². The number of likely N-dealkylation sites (N-methyl/N-ethyl adjacent to an activating group) is 1. The topological polar surface area (TPSA) is 32.3 Å². The van der Waals surface area contributed by atoms with E-state index in [0.29, 0.717) is 17.5 Å². The monoisotopic (exact) mass is 183 g/mol. The van der Waals surface area contributed by atoms with Crippen molar-refractivity contribution < 1.29 is 9.50 Å². The number of hydrogen-bond donors (Lipinski definition) is 2. The molecule has 2 N–H and O–H groups in total. The smallest absolute Gasteiger partial charge is 0.126 e. The summed E-state index contributed by atoms with van der Waals surface area (Å²) in [5, 5.41) is 12.4. The Hall–Kier alpha value is -1.09.